The maximum Gasteiger partial charge on any atom is 0.335 e. The number of rotatable bonds is 7. The lowest BCUT2D eigenvalue weighted by molar-refractivity contribution is 0.0696. The first kappa shape index (κ1) is 26.9. The topological polar surface area (TPSA) is 55.8 Å². The van der Waals surface area contributed by atoms with Gasteiger partial charge in [0.15, 0.2) is 16.6 Å². The van der Waals surface area contributed by atoms with Crippen molar-refractivity contribution in [1.82, 2.24) is 0 Å². The summed E-state index contributed by atoms with van der Waals surface area (Å²) in [5.41, 5.74) is 4.15. The molecule has 186 valence electrons. The van der Waals surface area contributed by atoms with Gasteiger partial charge in [-0.15, -0.1) is 0 Å². The average Bonchev–Trinajstić information content (AvgIpc) is 2.99. The smallest absolute Gasteiger partial charge is 0.335 e. The van der Waals surface area contributed by atoms with Gasteiger partial charge in [-0.2, -0.15) is 0 Å². The summed E-state index contributed by atoms with van der Waals surface area (Å²) in [6.07, 6.45) is 0. The molecule has 0 unspecified atom stereocenters. The minimum atomic E-state index is -2.07. The van der Waals surface area contributed by atoms with Gasteiger partial charge in [-0.25, -0.2) is 4.79 Å². The number of carbonyl (C=O) groups is 1. The Bertz CT molecular complexity index is 1040. The molecule has 1 aliphatic rings. The lowest BCUT2D eigenvalue weighted by Crippen LogP contribution is -2.49. The molecule has 0 atom stereocenters. The van der Waals surface area contributed by atoms with Crippen LogP contribution in [0.25, 0.3) is 11.1 Å². The standard InChI is InChI=1S/C28H42O4Si2/c1-26(2,3)33(7,8)31-18-28(19-32-34(9,10)27(4,5)6)23-14-12-11-13-21(23)22-16-15-20(25(29)30)17-24(22)28/h11-17H,18-19H2,1-10H3,(H,29,30). The minimum absolute atomic E-state index is 0.0678. The lowest BCUT2D eigenvalue weighted by Gasteiger charge is -2.43. The highest BCUT2D eigenvalue weighted by atomic mass is 28.4. The van der Waals surface area contributed by atoms with E-state index in [4.69, 9.17) is 8.85 Å². The number of benzene rings is 2. The van der Waals surface area contributed by atoms with Crippen molar-refractivity contribution in [3.8, 4) is 11.1 Å². The number of carboxylic acids is 1. The third-order valence-corrected chi connectivity index (χ3v) is 17.4. The Balaban J connectivity index is 2.20. The summed E-state index contributed by atoms with van der Waals surface area (Å²) in [4.78, 5) is 11.9. The van der Waals surface area contributed by atoms with Crippen LogP contribution in [0.3, 0.4) is 0 Å². The van der Waals surface area contributed by atoms with Crippen LogP contribution in [0, 0.1) is 0 Å². The SMILES string of the molecule is CC(C)(C)[Si](C)(C)OCC1(CO[Si](C)(C)C(C)(C)C)c2ccccc2-c2ccc(C(=O)O)cc21. The second-order valence-electron chi connectivity index (χ2n) is 12.8. The summed E-state index contributed by atoms with van der Waals surface area (Å²) in [7, 11) is -4.14. The van der Waals surface area contributed by atoms with Crippen LogP contribution in [0.2, 0.25) is 36.3 Å². The van der Waals surface area contributed by atoms with E-state index in [1.54, 1.807) is 6.07 Å². The summed E-state index contributed by atoms with van der Waals surface area (Å²) in [6.45, 7) is 23.5. The van der Waals surface area contributed by atoms with Crippen molar-refractivity contribution in [2.45, 2.75) is 83.2 Å². The van der Waals surface area contributed by atoms with Crippen LogP contribution in [0.5, 0.6) is 0 Å². The second kappa shape index (κ2) is 8.73. The quantitative estimate of drug-likeness (QED) is 0.397. The maximum atomic E-state index is 11.9. The molecule has 3 rings (SSSR count). The molecule has 4 nitrogen and oxygen atoms in total. The molecule has 0 heterocycles. The van der Waals surface area contributed by atoms with E-state index in [9.17, 15) is 9.90 Å². The molecule has 0 saturated heterocycles. The van der Waals surface area contributed by atoms with Crippen LogP contribution in [0.1, 0.15) is 63.0 Å². The van der Waals surface area contributed by atoms with Gasteiger partial charge in [0.05, 0.1) is 11.0 Å². The Morgan fingerprint density at radius 1 is 0.794 bits per heavy atom. The number of carboxylic acid groups (broad SMARTS) is 1. The third kappa shape index (κ3) is 4.70. The molecule has 2 aromatic carbocycles. The van der Waals surface area contributed by atoms with Crippen molar-refractivity contribution in [1.29, 1.82) is 0 Å². The molecule has 1 aliphatic carbocycles. The summed E-state index contributed by atoms with van der Waals surface area (Å²) in [5, 5.41) is 9.92. The number of hydrogen-bond acceptors (Lipinski definition) is 3. The summed E-state index contributed by atoms with van der Waals surface area (Å²) in [5.74, 6) is -0.914. The van der Waals surface area contributed by atoms with Crippen LogP contribution in [-0.2, 0) is 14.3 Å². The molecule has 0 spiro atoms. The lowest BCUT2D eigenvalue weighted by atomic mass is 9.79. The van der Waals surface area contributed by atoms with Gasteiger partial charge in [0.2, 0.25) is 0 Å². The van der Waals surface area contributed by atoms with Crippen molar-refractivity contribution >= 4 is 22.6 Å². The van der Waals surface area contributed by atoms with Gasteiger partial charge in [-0.1, -0.05) is 71.9 Å². The zero-order valence-corrected chi connectivity index (χ0v) is 24.6. The van der Waals surface area contributed by atoms with Crippen LogP contribution in [0.15, 0.2) is 42.5 Å². The summed E-state index contributed by atoms with van der Waals surface area (Å²) < 4.78 is 13.7. The van der Waals surface area contributed by atoms with Gasteiger partial charge in [0.25, 0.3) is 0 Å². The fourth-order valence-corrected chi connectivity index (χ4v) is 6.06. The highest BCUT2D eigenvalue weighted by Crippen LogP contribution is 2.51. The van der Waals surface area contributed by atoms with E-state index in [1.807, 2.05) is 18.2 Å². The van der Waals surface area contributed by atoms with Crippen LogP contribution in [-0.4, -0.2) is 40.9 Å². The van der Waals surface area contributed by atoms with Gasteiger partial charge < -0.3 is 14.0 Å². The van der Waals surface area contributed by atoms with E-state index in [2.05, 4.69) is 85.9 Å². The van der Waals surface area contributed by atoms with E-state index in [1.165, 1.54) is 5.56 Å². The Morgan fingerprint density at radius 3 is 1.74 bits per heavy atom. The van der Waals surface area contributed by atoms with E-state index in [0.717, 1.165) is 16.7 Å². The van der Waals surface area contributed by atoms with Gasteiger partial charge in [-0.3, -0.25) is 0 Å². The molecule has 34 heavy (non-hydrogen) atoms. The highest BCUT2D eigenvalue weighted by Gasteiger charge is 2.49. The Hall–Kier alpha value is -1.74. The van der Waals surface area contributed by atoms with Crippen LogP contribution < -0.4 is 0 Å². The zero-order chi connectivity index (χ0) is 25.7. The second-order valence-corrected chi connectivity index (χ2v) is 22.4. The average molecular weight is 499 g/mol. The number of hydrogen-bond donors (Lipinski definition) is 1. The van der Waals surface area contributed by atoms with Crippen LogP contribution >= 0.6 is 0 Å². The first-order valence-electron chi connectivity index (χ1n) is 12.2. The van der Waals surface area contributed by atoms with E-state index in [-0.39, 0.29) is 10.1 Å². The molecule has 0 fully saturated rings. The Morgan fingerprint density at radius 2 is 1.26 bits per heavy atom. The van der Waals surface area contributed by atoms with E-state index < -0.39 is 28.0 Å². The molecule has 0 aliphatic heterocycles. The van der Waals surface area contributed by atoms with Crippen molar-refractivity contribution in [2.75, 3.05) is 13.2 Å². The molecule has 0 amide bonds. The molecular formula is C28H42O4Si2. The zero-order valence-electron chi connectivity index (χ0n) is 22.6. The van der Waals surface area contributed by atoms with Crippen molar-refractivity contribution in [3.63, 3.8) is 0 Å². The van der Waals surface area contributed by atoms with Crippen molar-refractivity contribution in [3.05, 3.63) is 59.2 Å². The monoisotopic (exact) mass is 498 g/mol. The third-order valence-electron chi connectivity index (χ3n) is 8.49. The number of aromatic carboxylic acids is 1. The molecule has 1 N–H and O–H groups in total. The summed E-state index contributed by atoms with van der Waals surface area (Å²) in [6, 6.07) is 13.9. The first-order valence-corrected chi connectivity index (χ1v) is 18.0. The van der Waals surface area contributed by atoms with Crippen molar-refractivity contribution < 1.29 is 18.8 Å². The molecular weight excluding hydrogens is 456 g/mol. The van der Waals surface area contributed by atoms with Gasteiger partial charge >= 0.3 is 5.97 Å². The predicted octanol–water partition coefficient (Wildman–Crippen LogP) is 7.69. The Labute approximate surface area is 208 Å². The van der Waals surface area contributed by atoms with Crippen LogP contribution in [0.4, 0.5) is 0 Å². The molecule has 0 radical (unpaired) electrons. The van der Waals surface area contributed by atoms with Gasteiger partial charge in [0, 0.05) is 13.2 Å². The Kier molecular flexibility index (Phi) is 6.90. The fraction of sp³-hybridized carbons (Fsp3) is 0.536. The predicted molar refractivity (Wildman–Crippen MR) is 146 cm³/mol. The largest absolute Gasteiger partial charge is 0.478 e. The molecule has 0 saturated carbocycles. The molecule has 2 aromatic rings. The normalized spacial score (nSPS) is 15.7. The fourth-order valence-electron chi connectivity index (χ4n) is 3.98. The van der Waals surface area contributed by atoms with E-state index in [0.29, 0.717) is 18.8 Å². The molecule has 0 aromatic heterocycles. The first-order chi connectivity index (χ1) is 15.4. The molecule has 6 heteroatoms. The van der Waals surface area contributed by atoms with Gasteiger partial charge in [-0.05, 0) is 70.7 Å². The van der Waals surface area contributed by atoms with Crippen molar-refractivity contribution in [2.24, 2.45) is 0 Å². The van der Waals surface area contributed by atoms with Gasteiger partial charge in [0.1, 0.15) is 0 Å². The maximum absolute atomic E-state index is 11.9. The van der Waals surface area contributed by atoms with E-state index >= 15 is 0 Å². The minimum Gasteiger partial charge on any atom is -0.478 e. The highest BCUT2D eigenvalue weighted by molar-refractivity contribution is 6.74. The summed E-state index contributed by atoms with van der Waals surface area (Å²) >= 11 is 0. The molecule has 0 bridgehead atoms. The number of fused-ring (bicyclic) bond motifs is 3.